The predicted octanol–water partition coefficient (Wildman–Crippen LogP) is 1.90. The molecule has 0 amide bonds. The van der Waals surface area contributed by atoms with Crippen LogP contribution < -0.4 is 0 Å². The fourth-order valence-corrected chi connectivity index (χ4v) is 1.75. The third-order valence-corrected chi connectivity index (χ3v) is 2.76. The van der Waals surface area contributed by atoms with Crippen LogP contribution >= 0.6 is 0 Å². The topological polar surface area (TPSA) is 67.4 Å². The van der Waals surface area contributed by atoms with E-state index >= 15 is 0 Å². The molecule has 0 saturated heterocycles. The Kier molecular flexibility index (Phi) is 2.27. The number of hydrogen-bond acceptors (Lipinski definition) is 4. The van der Waals surface area contributed by atoms with Gasteiger partial charge in [-0.1, -0.05) is 0 Å². The number of rotatable bonds is 1. The van der Waals surface area contributed by atoms with Crippen LogP contribution in [-0.2, 0) is 7.05 Å². The first kappa shape index (κ1) is 10.4. The zero-order valence-corrected chi connectivity index (χ0v) is 9.70. The monoisotopic (exact) mass is 235 g/mol. The van der Waals surface area contributed by atoms with Crippen LogP contribution in [0.15, 0.2) is 36.8 Å². The Morgan fingerprint density at radius 1 is 1.17 bits per heavy atom. The van der Waals surface area contributed by atoms with E-state index in [4.69, 9.17) is 5.26 Å². The van der Waals surface area contributed by atoms with Crippen molar-refractivity contribution in [2.24, 2.45) is 7.05 Å². The number of nitriles is 1. The molecule has 0 aliphatic rings. The second kappa shape index (κ2) is 3.93. The van der Waals surface area contributed by atoms with Crippen LogP contribution in [0, 0.1) is 11.3 Å². The second-order valence-electron chi connectivity index (χ2n) is 3.95. The second-order valence-corrected chi connectivity index (χ2v) is 3.95. The van der Waals surface area contributed by atoms with Crippen molar-refractivity contribution in [3.8, 4) is 17.5 Å². The van der Waals surface area contributed by atoms with Gasteiger partial charge in [-0.25, -0.2) is 15.0 Å². The highest BCUT2D eigenvalue weighted by atomic mass is 15.1. The molecule has 86 valence electrons. The molecule has 0 fully saturated rings. The summed E-state index contributed by atoms with van der Waals surface area (Å²) in [6.07, 6.45) is 3.46. The summed E-state index contributed by atoms with van der Waals surface area (Å²) in [6, 6.07) is 9.26. The van der Waals surface area contributed by atoms with Gasteiger partial charge in [-0.3, -0.25) is 0 Å². The molecule has 0 N–H and O–H groups in total. The van der Waals surface area contributed by atoms with Crippen LogP contribution in [0.4, 0.5) is 0 Å². The molecule has 0 atom stereocenters. The van der Waals surface area contributed by atoms with Gasteiger partial charge < -0.3 is 4.57 Å². The van der Waals surface area contributed by atoms with E-state index in [0.717, 1.165) is 11.1 Å². The van der Waals surface area contributed by atoms with Gasteiger partial charge in [0.2, 0.25) is 0 Å². The van der Waals surface area contributed by atoms with Gasteiger partial charge in [0.1, 0.15) is 5.52 Å². The van der Waals surface area contributed by atoms with Crippen molar-refractivity contribution < 1.29 is 0 Å². The van der Waals surface area contributed by atoms with Crippen molar-refractivity contribution >= 4 is 11.2 Å². The van der Waals surface area contributed by atoms with Crippen LogP contribution in [0.3, 0.4) is 0 Å². The summed E-state index contributed by atoms with van der Waals surface area (Å²) in [6.45, 7) is 0. The average Bonchev–Trinajstić information content (AvgIpc) is 2.80. The largest absolute Gasteiger partial charge is 0.331 e. The standard InChI is InChI=1S/C13H9N5/c1-18-8-16-13-11(18)7-15-12(17-13)10-4-2-9(6-14)3-5-10/h2-5,7-8H,1H3. The molecule has 5 heteroatoms. The maximum Gasteiger partial charge on any atom is 0.181 e. The number of aryl methyl sites for hydroxylation is 1. The van der Waals surface area contributed by atoms with Gasteiger partial charge in [0.15, 0.2) is 11.5 Å². The minimum Gasteiger partial charge on any atom is -0.331 e. The highest BCUT2D eigenvalue weighted by Gasteiger charge is 2.06. The molecule has 18 heavy (non-hydrogen) atoms. The molecular weight excluding hydrogens is 226 g/mol. The summed E-state index contributed by atoms with van der Waals surface area (Å²) >= 11 is 0. The van der Waals surface area contributed by atoms with Gasteiger partial charge in [0, 0.05) is 12.6 Å². The molecule has 2 aromatic heterocycles. The SMILES string of the molecule is Cn1cnc2nc(-c3ccc(C#N)cc3)ncc21. The van der Waals surface area contributed by atoms with Crippen LogP contribution in [0.25, 0.3) is 22.6 Å². The van der Waals surface area contributed by atoms with E-state index in [1.165, 1.54) is 0 Å². The Bertz CT molecular complexity index is 749. The van der Waals surface area contributed by atoms with Crippen LogP contribution in [0.2, 0.25) is 0 Å². The lowest BCUT2D eigenvalue weighted by Gasteiger charge is -2.00. The first-order valence-electron chi connectivity index (χ1n) is 5.42. The minimum absolute atomic E-state index is 0.616. The molecule has 3 aromatic rings. The molecule has 0 bridgehead atoms. The lowest BCUT2D eigenvalue weighted by atomic mass is 10.1. The van der Waals surface area contributed by atoms with E-state index in [0.29, 0.717) is 17.0 Å². The fraction of sp³-hybridized carbons (Fsp3) is 0.0769. The van der Waals surface area contributed by atoms with E-state index in [9.17, 15) is 0 Å². The Morgan fingerprint density at radius 2 is 1.94 bits per heavy atom. The summed E-state index contributed by atoms with van der Waals surface area (Å²) < 4.78 is 1.87. The van der Waals surface area contributed by atoms with Gasteiger partial charge in [-0.15, -0.1) is 0 Å². The molecule has 5 nitrogen and oxygen atoms in total. The molecule has 0 unspecified atom stereocenters. The molecule has 0 aliphatic carbocycles. The van der Waals surface area contributed by atoms with E-state index < -0.39 is 0 Å². The summed E-state index contributed by atoms with van der Waals surface area (Å²) in [5.74, 6) is 0.616. The van der Waals surface area contributed by atoms with Crippen molar-refractivity contribution in [1.82, 2.24) is 19.5 Å². The van der Waals surface area contributed by atoms with Gasteiger partial charge >= 0.3 is 0 Å². The number of aromatic nitrogens is 4. The predicted molar refractivity (Wildman–Crippen MR) is 66.5 cm³/mol. The van der Waals surface area contributed by atoms with Crippen molar-refractivity contribution in [2.45, 2.75) is 0 Å². The first-order chi connectivity index (χ1) is 8.78. The minimum atomic E-state index is 0.616. The maximum atomic E-state index is 8.75. The van der Waals surface area contributed by atoms with E-state index in [1.54, 1.807) is 24.7 Å². The molecule has 1 aromatic carbocycles. The number of nitrogens with zero attached hydrogens (tertiary/aromatic N) is 5. The molecule has 2 heterocycles. The van der Waals surface area contributed by atoms with Crippen LogP contribution in [0.1, 0.15) is 5.56 Å². The van der Waals surface area contributed by atoms with Crippen molar-refractivity contribution in [3.05, 3.63) is 42.4 Å². The van der Waals surface area contributed by atoms with Gasteiger partial charge in [-0.2, -0.15) is 5.26 Å². The Balaban J connectivity index is 2.10. The summed E-state index contributed by atoms with van der Waals surface area (Å²) in [5.41, 5.74) is 3.07. The highest BCUT2D eigenvalue weighted by molar-refractivity contribution is 5.72. The third kappa shape index (κ3) is 1.60. The average molecular weight is 235 g/mol. The zero-order valence-electron chi connectivity index (χ0n) is 9.70. The summed E-state index contributed by atoms with van der Waals surface area (Å²) in [7, 11) is 1.90. The van der Waals surface area contributed by atoms with Crippen LogP contribution in [0.5, 0.6) is 0 Å². The van der Waals surface area contributed by atoms with E-state index in [-0.39, 0.29) is 0 Å². The number of benzene rings is 1. The quantitative estimate of drug-likeness (QED) is 0.646. The number of fused-ring (bicyclic) bond motifs is 1. The number of hydrogen-bond donors (Lipinski definition) is 0. The summed E-state index contributed by atoms with van der Waals surface area (Å²) in [4.78, 5) is 12.9. The van der Waals surface area contributed by atoms with Gasteiger partial charge in [0.05, 0.1) is 24.2 Å². The fourth-order valence-electron chi connectivity index (χ4n) is 1.75. The summed E-state index contributed by atoms with van der Waals surface area (Å²) in [5, 5.41) is 8.75. The molecule has 0 spiro atoms. The smallest absolute Gasteiger partial charge is 0.181 e. The van der Waals surface area contributed by atoms with Crippen molar-refractivity contribution in [1.29, 1.82) is 5.26 Å². The van der Waals surface area contributed by atoms with Crippen molar-refractivity contribution in [3.63, 3.8) is 0 Å². The van der Waals surface area contributed by atoms with Crippen LogP contribution in [-0.4, -0.2) is 19.5 Å². The highest BCUT2D eigenvalue weighted by Crippen LogP contribution is 2.17. The Morgan fingerprint density at radius 3 is 2.67 bits per heavy atom. The Labute approximate surface area is 103 Å². The lowest BCUT2D eigenvalue weighted by Crippen LogP contribution is -1.91. The molecule has 3 rings (SSSR count). The molecule has 0 saturated carbocycles. The lowest BCUT2D eigenvalue weighted by molar-refractivity contribution is 0.944. The normalized spacial score (nSPS) is 10.4. The maximum absolute atomic E-state index is 8.75. The number of imidazole rings is 1. The van der Waals surface area contributed by atoms with E-state index in [2.05, 4.69) is 21.0 Å². The van der Waals surface area contributed by atoms with E-state index in [1.807, 2.05) is 23.7 Å². The van der Waals surface area contributed by atoms with Gasteiger partial charge in [-0.05, 0) is 24.3 Å². The molecule has 0 aliphatic heterocycles. The molecule has 0 radical (unpaired) electrons. The van der Waals surface area contributed by atoms with Crippen molar-refractivity contribution in [2.75, 3.05) is 0 Å². The van der Waals surface area contributed by atoms with Gasteiger partial charge in [0.25, 0.3) is 0 Å². The Hall–Kier alpha value is -2.74. The zero-order chi connectivity index (χ0) is 12.5. The first-order valence-corrected chi connectivity index (χ1v) is 5.42. The third-order valence-electron chi connectivity index (χ3n) is 2.76. The molecular formula is C13H9N5.